The van der Waals surface area contributed by atoms with Gasteiger partial charge >= 0.3 is 0 Å². The third-order valence-corrected chi connectivity index (χ3v) is 6.90. The summed E-state index contributed by atoms with van der Waals surface area (Å²) in [7, 11) is 1.75. The minimum atomic E-state index is -0.450. The van der Waals surface area contributed by atoms with Crippen LogP contribution in [0.3, 0.4) is 0 Å². The summed E-state index contributed by atoms with van der Waals surface area (Å²) in [6.07, 6.45) is 6.98. The number of hydrogen-bond donors (Lipinski definition) is 1. The maximum absolute atomic E-state index is 10.6. The molecule has 1 N–H and O–H groups in total. The highest BCUT2D eigenvalue weighted by Crippen LogP contribution is 2.63. The predicted octanol–water partition coefficient (Wildman–Crippen LogP) is 4.30. The number of aryl methyl sites for hydroxylation is 1. The van der Waals surface area contributed by atoms with Crippen LogP contribution in [0, 0.1) is 17.3 Å². The number of hydrogen-bond acceptors (Lipinski definition) is 2. The van der Waals surface area contributed by atoms with Crippen molar-refractivity contribution in [2.24, 2.45) is 17.3 Å². The topological polar surface area (TPSA) is 29.5 Å². The molecule has 2 saturated carbocycles. The first kappa shape index (κ1) is 14.6. The molecule has 120 valence electrons. The van der Waals surface area contributed by atoms with E-state index in [0.29, 0.717) is 17.3 Å². The molecule has 2 nitrogen and oxygen atoms in total. The summed E-state index contributed by atoms with van der Waals surface area (Å²) in [5, 5.41) is 10.6. The molecule has 3 aliphatic rings. The molecule has 0 spiro atoms. The van der Waals surface area contributed by atoms with Crippen LogP contribution in [0.1, 0.15) is 63.0 Å². The third-order valence-electron chi connectivity index (χ3n) is 6.90. The van der Waals surface area contributed by atoms with Crippen LogP contribution in [0.5, 0.6) is 5.75 Å². The zero-order chi connectivity index (χ0) is 15.5. The molecule has 2 heteroatoms. The van der Waals surface area contributed by atoms with Crippen LogP contribution in [0.15, 0.2) is 18.2 Å². The molecule has 0 saturated heterocycles. The monoisotopic (exact) mass is 300 g/mol. The summed E-state index contributed by atoms with van der Waals surface area (Å²) in [5.41, 5.74) is 2.96. The van der Waals surface area contributed by atoms with Crippen LogP contribution in [0.4, 0.5) is 0 Å². The average molecular weight is 300 g/mol. The maximum atomic E-state index is 10.6. The first-order valence-corrected chi connectivity index (χ1v) is 8.81. The van der Waals surface area contributed by atoms with Crippen LogP contribution in [-0.2, 0) is 6.42 Å². The molecule has 0 aromatic heterocycles. The fourth-order valence-electron chi connectivity index (χ4n) is 6.11. The molecule has 5 atom stereocenters. The molecule has 0 amide bonds. The van der Waals surface area contributed by atoms with Gasteiger partial charge in [0.05, 0.1) is 12.7 Å². The van der Waals surface area contributed by atoms with E-state index >= 15 is 0 Å². The van der Waals surface area contributed by atoms with Crippen LogP contribution < -0.4 is 4.74 Å². The van der Waals surface area contributed by atoms with E-state index in [0.717, 1.165) is 24.5 Å². The Bertz CT molecular complexity index is 591. The molecule has 2 fully saturated rings. The van der Waals surface area contributed by atoms with Gasteiger partial charge in [-0.1, -0.05) is 13.0 Å². The van der Waals surface area contributed by atoms with E-state index < -0.39 is 5.60 Å². The van der Waals surface area contributed by atoms with Gasteiger partial charge in [-0.05, 0) is 91.9 Å². The summed E-state index contributed by atoms with van der Waals surface area (Å²) in [5.74, 6) is 3.13. The normalized spacial score (nSPS) is 43.2. The van der Waals surface area contributed by atoms with Gasteiger partial charge in [0, 0.05) is 0 Å². The fourth-order valence-corrected chi connectivity index (χ4v) is 6.11. The molecule has 0 bridgehead atoms. The van der Waals surface area contributed by atoms with Crippen molar-refractivity contribution < 1.29 is 9.84 Å². The van der Waals surface area contributed by atoms with Crippen molar-refractivity contribution in [3.63, 3.8) is 0 Å². The Kier molecular flexibility index (Phi) is 3.14. The second-order valence-corrected chi connectivity index (χ2v) is 8.55. The van der Waals surface area contributed by atoms with E-state index in [1.54, 1.807) is 12.7 Å². The fraction of sp³-hybridized carbons (Fsp3) is 0.700. The quantitative estimate of drug-likeness (QED) is 0.838. The van der Waals surface area contributed by atoms with E-state index in [-0.39, 0.29) is 0 Å². The lowest BCUT2D eigenvalue weighted by molar-refractivity contribution is 0.0511. The lowest BCUT2D eigenvalue weighted by Crippen LogP contribution is -2.39. The SMILES string of the molecule is COc1ccc2c(c1)CC[C@H]1[C@@H]2CC[C@@]2(C)C[C@](C)(O)C[C@@H]12. The summed E-state index contributed by atoms with van der Waals surface area (Å²) in [6, 6.07) is 6.67. The molecular weight excluding hydrogens is 272 g/mol. The number of aliphatic hydroxyl groups is 1. The molecule has 3 aliphatic carbocycles. The molecule has 4 rings (SSSR count). The average Bonchev–Trinajstić information content (AvgIpc) is 2.74. The highest BCUT2D eigenvalue weighted by atomic mass is 16.5. The molecule has 0 aliphatic heterocycles. The van der Waals surface area contributed by atoms with E-state index in [4.69, 9.17) is 4.74 Å². The smallest absolute Gasteiger partial charge is 0.119 e. The Hall–Kier alpha value is -1.02. The van der Waals surface area contributed by atoms with Gasteiger partial charge < -0.3 is 9.84 Å². The number of fused-ring (bicyclic) bond motifs is 5. The predicted molar refractivity (Wildman–Crippen MR) is 88.2 cm³/mol. The molecule has 1 aromatic carbocycles. The molecular formula is C20H28O2. The Morgan fingerprint density at radius 2 is 2.05 bits per heavy atom. The van der Waals surface area contributed by atoms with E-state index in [1.165, 1.54) is 31.2 Å². The van der Waals surface area contributed by atoms with Crippen molar-refractivity contribution in [2.45, 2.75) is 63.9 Å². The molecule has 0 unspecified atom stereocenters. The number of rotatable bonds is 1. The van der Waals surface area contributed by atoms with Crippen molar-refractivity contribution >= 4 is 0 Å². The van der Waals surface area contributed by atoms with E-state index in [9.17, 15) is 5.11 Å². The van der Waals surface area contributed by atoms with Crippen LogP contribution in [0.2, 0.25) is 0 Å². The van der Waals surface area contributed by atoms with E-state index in [2.05, 4.69) is 25.1 Å². The summed E-state index contributed by atoms with van der Waals surface area (Å²) in [6.45, 7) is 4.48. The Morgan fingerprint density at radius 3 is 2.82 bits per heavy atom. The molecule has 22 heavy (non-hydrogen) atoms. The van der Waals surface area contributed by atoms with Gasteiger partial charge in [-0.15, -0.1) is 0 Å². The number of methoxy groups -OCH3 is 1. The zero-order valence-electron chi connectivity index (χ0n) is 14.1. The Balaban J connectivity index is 1.68. The minimum absolute atomic E-state index is 0.356. The summed E-state index contributed by atoms with van der Waals surface area (Å²) < 4.78 is 5.40. The first-order valence-electron chi connectivity index (χ1n) is 8.81. The van der Waals surface area contributed by atoms with Gasteiger partial charge in [0.1, 0.15) is 5.75 Å². The van der Waals surface area contributed by atoms with E-state index in [1.807, 2.05) is 6.92 Å². The molecule has 1 aromatic rings. The van der Waals surface area contributed by atoms with Crippen molar-refractivity contribution in [3.8, 4) is 5.75 Å². The molecule has 0 heterocycles. The van der Waals surface area contributed by atoms with Crippen molar-refractivity contribution in [3.05, 3.63) is 29.3 Å². The first-order chi connectivity index (χ1) is 10.4. The van der Waals surface area contributed by atoms with Gasteiger partial charge in [-0.2, -0.15) is 0 Å². The Morgan fingerprint density at radius 1 is 1.23 bits per heavy atom. The lowest BCUT2D eigenvalue weighted by atomic mass is 9.56. The number of ether oxygens (including phenoxy) is 1. The zero-order valence-corrected chi connectivity index (χ0v) is 14.1. The standard InChI is InChI=1S/C20H28O2/c1-19-9-8-16-15-7-5-14(22-3)10-13(15)4-6-17(16)18(19)11-20(2,21)12-19/h5,7,10,16-18,21H,4,6,8-9,11-12H2,1-3H3/t16-,17+,18+,19+,20-/m1/s1. The van der Waals surface area contributed by atoms with Gasteiger partial charge in [-0.3, -0.25) is 0 Å². The molecule has 0 radical (unpaired) electrons. The van der Waals surface area contributed by atoms with Crippen LogP contribution in [0.25, 0.3) is 0 Å². The van der Waals surface area contributed by atoms with Crippen molar-refractivity contribution in [1.82, 2.24) is 0 Å². The largest absolute Gasteiger partial charge is 0.497 e. The van der Waals surface area contributed by atoms with Gasteiger partial charge in [0.25, 0.3) is 0 Å². The van der Waals surface area contributed by atoms with Crippen molar-refractivity contribution in [1.29, 1.82) is 0 Å². The minimum Gasteiger partial charge on any atom is -0.497 e. The number of benzene rings is 1. The van der Waals surface area contributed by atoms with Crippen LogP contribution in [-0.4, -0.2) is 17.8 Å². The third kappa shape index (κ3) is 2.11. The summed E-state index contributed by atoms with van der Waals surface area (Å²) >= 11 is 0. The highest BCUT2D eigenvalue weighted by Gasteiger charge is 2.56. The van der Waals surface area contributed by atoms with Gasteiger partial charge in [0.15, 0.2) is 0 Å². The maximum Gasteiger partial charge on any atom is 0.119 e. The summed E-state index contributed by atoms with van der Waals surface area (Å²) in [4.78, 5) is 0. The van der Waals surface area contributed by atoms with Crippen molar-refractivity contribution in [2.75, 3.05) is 7.11 Å². The van der Waals surface area contributed by atoms with Crippen LogP contribution >= 0.6 is 0 Å². The Labute approximate surface area is 133 Å². The lowest BCUT2D eigenvalue weighted by Gasteiger charge is -2.49. The highest BCUT2D eigenvalue weighted by molar-refractivity contribution is 5.40. The van der Waals surface area contributed by atoms with Gasteiger partial charge in [0.2, 0.25) is 0 Å². The van der Waals surface area contributed by atoms with Gasteiger partial charge in [-0.25, -0.2) is 0 Å². The second-order valence-electron chi connectivity index (χ2n) is 8.55. The second kappa shape index (κ2) is 4.74.